The molecule has 0 saturated carbocycles. The topological polar surface area (TPSA) is 62.2 Å². The highest BCUT2D eigenvalue weighted by Crippen LogP contribution is 2.31. The number of fused-ring (bicyclic) bond motifs is 1. The zero-order valence-electron chi connectivity index (χ0n) is 11.2. The van der Waals surface area contributed by atoms with E-state index in [0.29, 0.717) is 18.0 Å². The van der Waals surface area contributed by atoms with Gasteiger partial charge in [0.2, 0.25) is 0 Å². The SMILES string of the molecule is O=C(O)c1sc2ccccc2c1CNCc1cccnc1. The molecular formula is C16H14N2O2S. The molecule has 0 saturated heterocycles. The van der Waals surface area contributed by atoms with Crippen molar-refractivity contribution in [3.8, 4) is 0 Å². The largest absolute Gasteiger partial charge is 0.477 e. The zero-order valence-corrected chi connectivity index (χ0v) is 12.1. The molecule has 5 heteroatoms. The maximum atomic E-state index is 11.4. The number of carboxylic acids is 1. The molecule has 3 aromatic rings. The van der Waals surface area contributed by atoms with Gasteiger partial charge in [-0.15, -0.1) is 11.3 Å². The van der Waals surface area contributed by atoms with Crippen molar-refractivity contribution in [2.75, 3.05) is 0 Å². The van der Waals surface area contributed by atoms with Gasteiger partial charge in [0.1, 0.15) is 4.88 Å². The summed E-state index contributed by atoms with van der Waals surface area (Å²) in [6, 6.07) is 11.7. The minimum absolute atomic E-state index is 0.412. The summed E-state index contributed by atoms with van der Waals surface area (Å²) in [5, 5.41) is 13.7. The van der Waals surface area contributed by atoms with Crippen molar-refractivity contribution in [2.24, 2.45) is 0 Å². The van der Waals surface area contributed by atoms with Gasteiger partial charge in [0.25, 0.3) is 0 Å². The Morgan fingerprint density at radius 3 is 2.81 bits per heavy atom. The minimum Gasteiger partial charge on any atom is -0.477 e. The summed E-state index contributed by atoms with van der Waals surface area (Å²) in [6.45, 7) is 1.19. The van der Waals surface area contributed by atoms with Crippen LogP contribution in [-0.2, 0) is 13.1 Å². The lowest BCUT2D eigenvalue weighted by Gasteiger charge is -2.05. The van der Waals surface area contributed by atoms with Gasteiger partial charge in [0, 0.05) is 30.2 Å². The molecule has 106 valence electrons. The number of thiophene rings is 1. The lowest BCUT2D eigenvalue weighted by Crippen LogP contribution is -2.14. The number of pyridine rings is 1. The smallest absolute Gasteiger partial charge is 0.346 e. The molecule has 0 aliphatic rings. The van der Waals surface area contributed by atoms with Gasteiger partial charge in [-0.05, 0) is 28.6 Å². The van der Waals surface area contributed by atoms with Crippen LogP contribution in [0.25, 0.3) is 10.1 Å². The second kappa shape index (κ2) is 6.03. The molecule has 0 aliphatic heterocycles. The van der Waals surface area contributed by atoms with E-state index in [1.165, 1.54) is 11.3 Å². The van der Waals surface area contributed by atoms with Crippen LogP contribution in [0.1, 0.15) is 20.8 Å². The predicted molar refractivity (Wildman–Crippen MR) is 83.6 cm³/mol. The number of hydrogen-bond acceptors (Lipinski definition) is 4. The first-order chi connectivity index (χ1) is 10.3. The Bertz CT molecular complexity index is 768. The first-order valence-electron chi connectivity index (χ1n) is 6.59. The van der Waals surface area contributed by atoms with Gasteiger partial charge < -0.3 is 10.4 Å². The van der Waals surface area contributed by atoms with Crippen LogP contribution in [0.4, 0.5) is 0 Å². The van der Waals surface area contributed by atoms with Gasteiger partial charge >= 0.3 is 5.97 Å². The third kappa shape index (κ3) is 2.94. The minimum atomic E-state index is -0.866. The van der Waals surface area contributed by atoms with Crippen molar-refractivity contribution in [1.29, 1.82) is 0 Å². The number of carboxylic acid groups (broad SMARTS) is 1. The van der Waals surface area contributed by atoms with E-state index in [-0.39, 0.29) is 0 Å². The highest BCUT2D eigenvalue weighted by Gasteiger charge is 2.16. The number of rotatable bonds is 5. The Morgan fingerprint density at radius 2 is 2.05 bits per heavy atom. The summed E-state index contributed by atoms with van der Waals surface area (Å²) < 4.78 is 1.01. The van der Waals surface area contributed by atoms with Crippen LogP contribution in [0.3, 0.4) is 0 Å². The molecule has 0 amide bonds. The third-order valence-electron chi connectivity index (χ3n) is 3.25. The normalized spacial score (nSPS) is 10.9. The molecule has 0 radical (unpaired) electrons. The maximum Gasteiger partial charge on any atom is 0.346 e. The summed E-state index contributed by atoms with van der Waals surface area (Å²) in [5.74, 6) is -0.866. The number of aromatic carboxylic acids is 1. The van der Waals surface area contributed by atoms with Crippen molar-refractivity contribution >= 4 is 27.4 Å². The van der Waals surface area contributed by atoms with Crippen LogP contribution in [0.5, 0.6) is 0 Å². The number of benzene rings is 1. The van der Waals surface area contributed by atoms with E-state index in [1.807, 2.05) is 36.4 Å². The quantitative estimate of drug-likeness (QED) is 0.759. The molecule has 0 aliphatic carbocycles. The van der Waals surface area contributed by atoms with Gasteiger partial charge in [0.05, 0.1) is 0 Å². The molecule has 21 heavy (non-hydrogen) atoms. The summed E-state index contributed by atoms with van der Waals surface area (Å²) in [6.07, 6.45) is 3.54. The molecule has 2 heterocycles. The lowest BCUT2D eigenvalue weighted by molar-refractivity contribution is 0.0701. The van der Waals surface area contributed by atoms with Gasteiger partial charge in [0.15, 0.2) is 0 Å². The molecule has 4 nitrogen and oxygen atoms in total. The first-order valence-corrected chi connectivity index (χ1v) is 7.40. The molecule has 2 N–H and O–H groups in total. The molecule has 3 rings (SSSR count). The van der Waals surface area contributed by atoms with E-state index >= 15 is 0 Å². The predicted octanol–water partition coefficient (Wildman–Crippen LogP) is 3.28. The zero-order chi connectivity index (χ0) is 14.7. The van der Waals surface area contributed by atoms with Crippen molar-refractivity contribution in [2.45, 2.75) is 13.1 Å². The number of nitrogens with zero attached hydrogens (tertiary/aromatic N) is 1. The molecule has 0 atom stereocenters. The van der Waals surface area contributed by atoms with Gasteiger partial charge in [-0.2, -0.15) is 0 Å². The van der Waals surface area contributed by atoms with Crippen LogP contribution >= 0.6 is 11.3 Å². The van der Waals surface area contributed by atoms with Crippen molar-refractivity contribution in [3.63, 3.8) is 0 Å². The summed E-state index contributed by atoms with van der Waals surface area (Å²) >= 11 is 1.33. The van der Waals surface area contributed by atoms with Crippen molar-refractivity contribution < 1.29 is 9.90 Å². The van der Waals surface area contributed by atoms with Crippen LogP contribution in [0.2, 0.25) is 0 Å². The highest BCUT2D eigenvalue weighted by molar-refractivity contribution is 7.21. The van der Waals surface area contributed by atoms with Crippen LogP contribution < -0.4 is 5.32 Å². The molecule has 0 spiro atoms. The lowest BCUT2D eigenvalue weighted by atomic mass is 10.1. The fourth-order valence-electron chi connectivity index (χ4n) is 2.28. The Hall–Kier alpha value is -2.24. The Labute approximate surface area is 126 Å². The van der Waals surface area contributed by atoms with Gasteiger partial charge in [-0.1, -0.05) is 24.3 Å². The van der Waals surface area contributed by atoms with Crippen LogP contribution in [-0.4, -0.2) is 16.1 Å². The average Bonchev–Trinajstić information content (AvgIpc) is 2.88. The fraction of sp³-hybridized carbons (Fsp3) is 0.125. The van der Waals surface area contributed by atoms with E-state index < -0.39 is 5.97 Å². The van der Waals surface area contributed by atoms with Crippen molar-refractivity contribution in [3.05, 3.63) is 64.8 Å². The van der Waals surface area contributed by atoms with E-state index in [2.05, 4.69) is 10.3 Å². The van der Waals surface area contributed by atoms with Crippen LogP contribution in [0, 0.1) is 0 Å². The summed E-state index contributed by atoms with van der Waals surface area (Å²) in [5.41, 5.74) is 1.93. The molecule has 0 unspecified atom stereocenters. The second-order valence-corrected chi connectivity index (χ2v) is 5.73. The standard InChI is InChI=1S/C16H14N2O2S/c19-16(20)15-13(12-5-1-2-6-14(12)21-15)10-18-9-11-4-3-7-17-8-11/h1-8,18H,9-10H2,(H,19,20). The van der Waals surface area contributed by atoms with Crippen molar-refractivity contribution in [1.82, 2.24) is 10.3 Å². The molecular weight excluding hydrogens is 284 g/mol. The average molecular weight is 298 g/mol. The summed E-state index contributed by atoms with van der Waals surface area (Å²) in [7, 11) is 0. The number of hydrogen-bond donors (Lipinski definition) is 2. The molecule has 0 fully saturated rings. The number of nitrogens with one attached hydrogen (secondary N) is 1. The Morgan fingerprint density at radius 1 is 1.19 bits per heavy atom. The summed E-state index contributed by atoms with van der Waals surface area (Å²) in [4.78, 5) is 15.9. The molecule has 2 aromatic heterocycles. The Balaban J connectivity index is 1.82. The Kier molecular flexibility index (Phi) is 3.94. The second-order valence-electron chi connectivity index (χ2n) is 4.68. The van der Waals surface area contributed by atoms with Crippen LogP contribution in [0.15, 0.2) is 48.8 Å². The monoisotopic (exact) mass is 298 g/mol. The first kappa shape index (κ1) is 13.7. The van der Waals surface area contributed by atoms with E-state index in [9.17, 15) is 9.90 Å². The number of aromatic nitrogens is 1. The van der Waals surface area contributed by atoms with Gasteiger partial charge in [-0.25, -0.2) is 4.79 Å². The highest BCUT2D eigenvalue weighted by atomic mass is 32.1. The van der Waals surface area contributed by atoms with E-state index in [1.54, 1.807) is 12.4 Å². The van der Waals surface area contributed by atoms with E-state index in [0.717, 1.165) is 21.2 Å². The fourth-order valence-corrected chi connectivity index (χ4v) is 3.34. The molecule has 1 aromatic carbocycles. The van der Waals surface area contributed by atoms with Gasteiger partial charge in [-0.3, -0.25) is 4.98 Å². The third-order valence-corrected chi connectivity index (χ3v) is 4.45. The van der Waals surface area contributed by atoms with E-state index in [4.69, 9.17) is 0 Å². The number of carbonyl (C=O) groups is 1. The maximum absolute atomic E-state index is 11.4. The molecule has 0 bridgehead atoms.